The minimum absolute atomic E-state index is 0.00586. The summed E-state index contributed by atoms with van der Waals surface area (Å²) in [5.41, 5.74) is 0.198. The summed E-state index contributed by atoms with van der Waals surface area (Å²) >= 11 is 0. The second kappa shape index (κ2) is 11.9. The van der Waals surface area contributed by atoms with Gasteiger partial charge in [-0.2, -0.15) is 4.98 Å². The van der Waals surface area contributed by atoms with E-state index in [1.807, 2.05) is 18.2 Å². The molecule has 1 saturated heterocycles. The van der Waals surface area contributed by atoms with Gasteiger partial charge in [-0.3, -0.25) is 29.0 Å². The fourth-order valence-electron chi connectivity index (χ4n) is 4.05. The van der Waals surface area contributed by atoms with Gasteiger partial charge >= 0.3 is 14.3 Å². The number of H-pyrrole nitrogens is 1. The number of carbonyl (C=O) groups is 2. The lowest BCUT2D eigenvalue weighted by atomic mass is 10.1. The molecular formula is C23H29N6O8P. The van der Waals surface area contributed by atoms with Crippen molar-refractivity contribution >= 4 is 37.4 Å². The molecule has 5 atom stereocenters. The lowest BCUT2D eigenvalue weighted by molar-refractivity contribution is -0.118. The van der Waals surface area contributed by atoms with E-state index in [1.54, 1.807) is 32.9 Å². The van der Waals surface area contributed by atoms with Crippen molar-refractivity contribution in [2.75, 3.05) is 5.32 Å². The number of hydrogen-bond donors (Lipinski definition) is 4. The predicted molar refractivity (Wildman–Crippen MR) is 135 cm³/mol. The topological polar surface area (TPSA) is 187 Å². The third-order valence-corrected chi connectivity index (χ3v) is 6.42. The molecular weight excluding hydrogens is 519 g/mol. The summed E-state index contributed by atoms with van der Waals surface area (Å²) in [6.45, 7) is 5.16. The summed E-state index contributed by atoms with van der Waals surface area (Å²) in [6, 6.07) is 8.02. The second-order valence-corrected chi connectivity index (χ2v) is 9.70. The van der Waals surface area contributed by atoms with Crippen molar-refractivity contribution in [3.05, 3.63) is 52.6 Å². The van der Waals surface area contributed by atoms with E-state index >= 15 is 0 Å². The van der Waals surface area contributed by atoms with Crippen LogP contribution in [0.2, 0.25) is 0 Å². The normalized spacial score (nSPS) is 21.9. The Labute approximate surface area is 217 Å². The van der Waals surface area contributed by atoms with Crippen LogP contribution < -0.4 is 16.2 Å². The summed E-state index contributed by atoms with van der Waals surface area (Å²) in [4.78, 5) is 58.0. The zero-order valence-corrected chi connectivity index (χ0v) is 21.9. The molecule has 1 aliphatic rings. The van der Waals surface area contributed by atoms with Crippen molar-refractivity contribution < 1.29 is 33.0 Å². The summed E-state index contributed by atoms with van der Waals surface area (Å²) < 4.78 is 29.8. The number of fused-ring (bicyclic) bond motifs is 1. The SMILES string of the molecule is CC[C@H]1O[C@@H](n2cnc3c(=O)[nH]c(NC(=O)C(C)C)nc32)[C@H](NC(=O)OCc2ccccc2)[C@@H]1O[PH](=O)O. The van der Waals surface area contributed by atoms with Gasteiger partial charge in [0.05, 0.1) is 12.4 Å². The average Bonchev–Trinajstić information content (AvgIpc) is 3.44. The van der Waals surface area contributed by atoms with Gasteiger partial charge in [0.15, 0.2) is 17.4 Å². The number of alkyl carbamates (subject to hydrolysis) is 1. The lowest BCUT2D eigenvalue weighted by Crippen LogP contribution is -2.47. The summed E-state index contributed by atoms with van der Waals surface area (Å²) in [6.07, 6.45) is -1.89. The Morgan fingerprint density at radius 3 is 2.68 bits per heavy atom. The number of benzene rings is 1. The van der Waals surface area contributed by atoms with Gasteiger partial charge in [-0.25, -0.2) is 9.78 Å². The number of nitrogens with zero attached hydrogens (tertiary/aromatic N) is 3. The molecule has 3 heterocycles. The largest absolute Gasteiger partial charge is 0.445 e. The molecule has 1 fully saturated rings. The van der Waals surface area contributed by atoms with Crippen LogP contribution in [0.15, 0.2) is 41.5 Å². The molecule has 0 saturated carbocycles. The zero-order chi connectivity index (χ0) is 27.4. The average molecular weight is 548 g/mol. The highest BCUT2D eigenvalue weighted by Gasteiger charge is 2.48. The molecule has 2 aromatic heterocycles. The Bertz CT molecular complexity index is 1380. The van der Waals surface area contributed by atoms with Crippen molar-refractivity contribution in [1.29, 1.82) is 0 Å². The number of carbonyl (C=O) groups excluding carboxylic acids is 2. The highest BCUT2D eigenvalue weighted by molar-refractivity contribution is 7.32. The molecule has 0 spiro atoms. The second-order valence-electron chi connectivity index (χ2n) is 8.94. The zero-order valence-electron chi connectivity index (χ0n) is 20.9. The van der Waals surface area contributed by atoms with Gasteiger partial charge in [0.1, 0.15) is 18.8 Å². The summed E-state index contributed by atoms with van der Waals surface area (Å²) in [5.74, 6) is -0.809. The highest BCUT2D eigenvalue weighted by atomic mass is 31.1. The number of hydrogen-bond acceptors (Lipinski definition) is 9. The van der Waals surface area contributed by atoms with Crippen LogP contribution in [0.25, 0.3) is 11.2 Å². The first kappa shape index (κ1) is 27.5. The van der Waals surface area contributed by atoms with Crippen LogP contribution in [0.5, 0.6) is 0 Å². The van der Waals surface area contributed by atoms with E-state index in [4.69, 9.17) is 14.0 Å². The smallest absolute Gasteiger partial charge is 0.407 e. The Hall–Kier alpha value is -3.58. The van der Waals surface area contributed by atoms with Crippen molar-refractivity contribution in [3.8, 4) is 0 Å². The summed E-state index contributed by atoms with van der Waals surface area (Å²) in [5, 5.41) is 5.21. The molecule has 1 aromatic carbocycles. The number of anilines is 1. The van der Waals surface area contributed by atoms with Crippen LogP contribution in [0.4, 0.5) is 10.7 Å². The molecule has 0 aliphatic carbocycles. The van der Waals surface area contributed by atoms with Gasteiger partial charge in [-0.1, -0.05) is 51.1 Å². The number of ether oxygens (including phenoxy) is 2. The first-order valence-corrected chi connectivity index (χ1v) is 13.2. The molecule has 2 amide bonds. The van der Waals surface area contributed by atoms with Crippen molar-refractivity contribution in [2.24, 2.45) is 5.92 Å². The molecule has 0 bridgehead atoms. The van der Waals surface area contributed by atoms with Crippen molar-refractivity contribution in [1.82, 2.24) is 24.8 Å². The number of imidazole rings is 1. The molecule has 4 N–H and O–H groups in total. The molecule has 0 radical (unpaired) electrons. The maximum absolute atomic E-state index is 12.8. The van der Waals surface area contributed by atoms with Gasteiger partial charge in [0, 0.05) is 5.92 Å². The van der Waals surface area contributed by atoms with E-state index in [0.29, 0.717) is 6.42 Å². The Morgan fingerprint density at radius 2 is 2.03 bits per heavy atom. The third kappa shape index (κ3) is 6.10. The Kier molecular flexibility index (Phi) is 8.57. The van der Waals surface area contributed by atoms with E-state index in [2.05, 4.69) is 25.6 Å². The molecule has 1 unspecified atom stereocenters. The van der Waals surface area contributed by atoms with Gasteiger partial charge in [0.2, 0.25) is 11.9 Å². The standard InChI is InChI=1S/C23H29N6O8P/c1-4-14-17(37-38(33)34)15(25-23(32)35-10-13-8-6-5-7-9-13)21(36-14)29-11-24-16-18(29)26-22(28-20(16)31)27-19(30)12(2)3/h5-9,11-12,14-15,17,21,38H,4,10H2,1-3H3,(H,25,32)(H,33,34)(H2,26,27,28,30,31)/t14-,15-,17-,21-/m1/s1. The molecule has 3 aromatic rings. The minimum Gasteiger partial charge on any atom is -0.445 e. The fourth-order valence-corrected chi connectivity index (χ4v) is 4.59. The third-order valence-electron chi connectivity index (χ3n) is 5.95. The van der Waals surface area contributed by atoms with Crippen molar-refractivity contribution in [2.45, 2.75) is 58.3 Å². The van der Waals surface area contributed by atoms with Gasteiger partial charge in [0.25, 0.3) is 5.56 Å². The van der Waals surface area contributed by atoms with Crippen LogP contribution in [0.1, 0.15) is 39.0 Å². The number of rotatable bonds is 9. The van der Waals surface area contributed by atoms with Crippen LogP contribution in [-0.2, 0) is 30.0 Å². The number of aromatic nitrogens is 4. The quantitative estimate of drug-likeness (QED) is 0.288. The lowest BCUT2D eigenvalue weighted by Gasteiger charge is -2.24. The molecule has 38 heavy (non-hydrogen) atoms. The van der Waals surface area contributed by atoms with Crippen LogP contribution in [0, 0.1) is 5.92 Å². The maximum Gasteiger partial charge on any atom is 0.407 e. The molecule has 1 aliphatic heterocycles. The van der Waals surface area contributed by atoms with E-state index in [-0.39, 0.29) is 35.5 Å². The van der Waals surface area contributed by atoms with E-state index in [9.17, 15) is 23.8 Å². The number of nitrogens with one attached hydrogen (secondary N) is 3. The predicted octanol–water partition coefficient (Wildman–Crippen LogP) is 2.08. The molecule has 15 heteroatoms. The van der Waals surface area contributed by atoms with Crippen molar-refractivity contribution in [3.63, 3.8) is 0 Å². The van der Waals surface area contributed by atoms with Gasteiger partial charge in [-0.15, -0.1) is 0 Å². The molecule has 4 rings (SSSR count). The molecule has 14 nitrogen and oxygen atoms in total. The Balaban J connectivity index is 1.66. The monoisotopic (exact) mass is 548 g/mol. The Morgan fingerprint density at radius 1 is 1.29 bits per heavy atom. The minimum atomic E-state index is -3.42. The molecule has 204 valence electrons. The van der Waals surface area contributed by atoms with Crippen LogP contribution >= 0.6 is 8.25 Å². The first-order valence-electron chi connectivity index (χ1n) is 12.0. The van der Waals surface area contributed by atoms with E-state index in [1.165, 1.54) is 10.9 Å². The van der Waals surface area contributed by atoms with Crippen LogP contribution in [-0.4, -0.2) is 54.7 Å². The number of amides is 2. The van der Waals surface area contributed by atoms with Gasteiger partial charge in [-0.05, 0) is 12.0 Å². The number of aromatic amines is 1. The fraction of sp³-hybridized carbons (Fsp3) is 0.435. The van der Waals surface area contributed by atoms with Gasteiger partial charge < -0.3 is 24.2 Å². The first-order chi connectivity index (χ1) is 18.2. The maximum atomic E-state index is 12.8. The van der Waals surface area contributed by atoms with E-state index < -0.39 is 44.4 Å². The summed E-state index contributed by atoms with van der Waals surface area (Å²) in [7, 11) is -3.42. The van der Waals surface area contributed by atoms with E-state index in [0.717, 1.165) is 5.56 Å². The highest BCUT2D eigenvalue weighted by Crippen LogP contribution is 2.38. The van der Waals surface area contributed by atoms with Crippen LogP contribution in [0.3, 0.4) is 0 Å².